The van der Waals surface area contributed by atoms with Crippen molar-refractivity contribution >= 4 is 33.0 Å². The third kappa shape index (κ3) is 5.16. The van der Waals surface area contributed by atoms with Crippen molar-refractivity contribution in [1.29, 1.82) is 0 Å². The molecule has 0 radical (unpaired) electrons. The molecule has 3 rings (SSSR count). The lowest BCUT2D eigenvalue weighted by Gasteiger charge is -2.25. The number of benzene rings is 1. The second-order valence-corrected chi connectivity index (χ2v) is 10.1. The first kappa shape index (κ1) is 21.8. The van der Waals surface area contributed by atoms with Gasteiger partial charge >= 0.3 is 0 Å². The van der Waals surface area contributed by atoms with Crippen LogP contribution in [-0.2, 0) is 34.1 Å². The van der Waals surface area contributed by atoms with E-state index in [0.717, 1.165) is 23.4 Å². The number of ether oxygens (including phenoxy) is 1. The molecule has 9 heteroatoms. The predicted octanol–water partition coefficient (Wildman–Crippen LogP) is 2.82. The van der Waals surface area contributed by atoms with Crippen molar-refractivity contribution < 1.29 is 13.2 Å². The first-order valence-electron chi connectivity index (χ1n) is 9.80. The number of para-hydroxylation sites is 1. The van der Waals surface area contributed by atoms with Gasteiger partial charge in [0.1, 0.15) is 4.21 Å². The minimum atomic E-state index is -3.47. The number of hydrogen-bond acceptors (Lipinski definition) is 5. The van der Waals surface area contributed by atoms with Gasteiger partial charge in [-0.05, 0) is 36.1 Å². The van der Waals surface area contributed by atoms with Crippen molar-refractivity contribution in [1.82, 2.24) is 4.31 Å². The molecular formula is C20H28N4O3S2. The molecule has 0 spiro atoms. The van der Waals surface area contributed by atoms with Gasteiger partial charge in [-0.1, -0.05) is 32.0 Å². The van der Waals surface area contributed by atoms with Crippen molar-refractivity contribution in [2.45, 2.75) is 37.4 Å². The van der Waals surface area contributed by atoms with E-state index in [1.807, 2.05) is 0 Å². The Bertz CT molecular complexity index is 942. The molecule has 2 heterocycles. The van der Waals surface area contributed by atoms with Crippen LogP contribution in [0.25, 0.3) is 0 Å². The molecular weight excluding hydrogens is 408 g/mol. The minimum absolute atomic E-state index is 0.326. The van der Waals surface area contributed by atoms with E-state index in [-0.39, 0.29) is 0 Å². The van der Waals surface area contributed by atoms with Gasteiger partial charge in [0, 0.05) is 23.7 Å². The van der Waals surface area contributed by atoms with Crippen molar-refractivity contribution in [2.24, 2.45) is 10.7 Å². The highest BCUT2D eigenvalue weighted by Gasteiger charge is 2.27. The normalized spacial score (nSPS) is 16.1. The van der Waals surface area contributed by atoms with E-state index in [1.54, 1.807) is 12.1 Å². The van der Waals surface area contributed by atoms with Gasteiger partial charge in [0.05, 0.1) is 19.8 Å². The summed E-state index contributed by atoms with van der Waals surface area (Å²) in [5.74, 6) is 0.326. The highest BCUT2D eigenvalue weighted by molar-refractivity contribution is 7.91. The Morgan fingerprint density at radius 1 is 1.17 bits per heavy atom. The van der Waals surface area contributed by atoms with Crippen molar-refractivity contribution in [3.05, 3.63) is 46.3 Å². The molecule has 0 atom stereocenters. The molecule has 7 nitrogen and oxygen atoms in total. The summed E-state index contributed by atoms with van der Waals surface area (Å²) in [6.07, 6.45) is 1.80. The Morgan fingerprint density at radius 3 is 2.45 bits per heavy atom. The molecule has 1 aliphatic rings. The quantitative estimate of drug-likeness (QED) is 0.514. The lowest BCUT2D eigenvalue weighted by Crippen LogP contribution is -2.40. The number of thiophene rings is 1. The molecule has 1 aliphatic heterocycles. The molecule has 29 heavy (non-hydrogen) atoms. The summed E-state index contributed by atoms with van der Waals surface area (Å²) in [5.41, 5.74) is 9.51. The maximum atomic E-state index is 12.7. The van der Waals surface area contributed by atoms with E-state index < -0.39 is 10.0 Å². The number of aliphatic imine (C=N–C) groups is 1. The first-order valence-corrected chi connectivity index (χ1v) is 12.1. The van der Waals surface area contributed by atoms with Crippen LogP contribution in [-0.4, -0.2) is 45.0 Å². The summed E-state index contributed by atoms with van der Waals surface area (Å²) in [6, 6.07) is 9.66. The van der Waals surface area contributed by atoms with Crippen LogP contribution in [0.3, 0.4) is 0 Å². The highest BCUT2D eigenvalue weighted by Crippen LogP contribution is 2.26. The van der Waals surface area contributed by atoms with Crippen LogP contribution in [0, 0.1) is 0 Å². The number of hydrogen-bond donors (Lipinski definition) is 2. The van der Waals surface area contributed by atoms with Crippen LogP contribution >= 0.6 is 11.3 Å². The number of morpholine rings is 1. The molecule has 0 bridgehead atoms. The van der Waals surface area contributed by atoms with Gasteiger partial charge in [-0.2, -0.15) is 4.31 Å². The summed E-state index contributed by atoms with van der Waals surface area (Å²) in [5, 5.41) is 3.23. The van der Waals surface area contributed by atoms with Crippen LogP contribution in [0.1, 0.15) is 29.9 Å². The number of nitrogens with zero attached hydrogens (tertiary/aromatic N) is 2. The van der Waals surface area contributed by atoms with Gasteiger partial charge in [-0.3, -0.25) is 0 Å². The van der Waals surface area contributed by atoms with Crippen LogP contribution in [0.2, 0.25) is 0 Å². The summed E-state index contributed by atoms with van der Waals surface area (Å²) in [6.45, 7) is 6.19. The van der Waals surface area contributed by atoms with E-state index in [4.69, 9.17) is 10.5 Å². The Labute approximate surface area is 176 Å². The molecule has 1 aromatic carbocycles. The zero-order chi connectivity index (χ0) is 20.9. The Kier molecular flexibility index (Phi) is 7.28. The number of guanidine groups is 1. The third-order valence-electron chi connectivity index (χ3n) is 4.86. The van der Waals surface area contributed by atoms with Crippen molar-refractivity contribution in [3.8, 4) is 0 Å². The molecule has 0 aliphatic carbocycles. The Morgan fingerprint density at radius 2 is 1.83 bits per heavy atom. The average Bonchev–Trinajstić information content (AvgIpc) is 3.23. The van der Waals surface area contributed by atoms with Gasteiger partial charge in [-0.25, -0.2) is 13.4 Å². The molecule has 3 N–H and O–H groups in total. The van der Waals surface area contributed by atoms with Crippen LogP contribution < -0.4 is 11.1 Å². The monoisotopic (exact) mass is 436 g/mol. The Hall–Kier alpha value is -1.94. The molecule has 0 saturated carbocycles. The topological polar surface area (TPSA) is 97.0 Å². The minimum Gasteiger partial charge on any atom is -0.379 e. The van der Waals surface area contributed by atoms with Crippen molar-refractivity contribution in [2.75, 3.05) is 31.6 Å². The molecule has 158 valence electrons. The number of aryl methyl sites for hydroxylation is 2. The standard InChI is InChI=1S/C20H28N4O3S2/c1-3-15-6-5-7-16(4-2)19(15)23-20(21)22-14-17-8-9-18(28-17)29(25,26)24-10-12-27-13-11-24/h5-9H,3-4,10-14H2,1-2H3,(H3,21,22,23). The third-order valence-corrected chi connectivity index (χ3v) is 8.29. The fraction of sp³-hybridized carbons (Fsp3) is 0.450. The van der Waals surface area contributed by atoms with E-state index in [2.05, 4.69) is 42.4 Å². The molecule has 2 aromatic rings. The number of anilines is 1. The number of nitrogens with one attached hydrogen (secondary N) is 1. The van der Waals surface area contributed by atoms with Crippen molar-refractivity contribution in [3.63, 3.8) is 0 Å². The first-order chi connectivity index (χ1) is 14.0. The summed E-state index contributed by atoms with van der Waals surface area (Å²) < 4.78 is 32.5. The van der Waals surface area contributed by atoms with Crippen LogP contribution in [0.15, 0.2) is 39.5 Å². The second kappa shape index (κ2) is 9.71. The maximum absolute atomic E-state index is 12.7. The summed E-state index contributed by atoms with van der Waals surface area (Å²) >= 11 is 1.24. The Balaban J connectivity index is 1.70. The van der Waals surface area contributed by atoms with E-state index >= 15 is 0 Å². The largest absolute Gasteiger partial charge is 0.379 e. The molecule has 0 unspecified atom stereocenters. The van der Waals surface area contributed by atoms with Gasteiger partial charge in [-0.15, -0.1) is 11.3 Å². The SMILES string of the molecule is CCc1cccc(CC)c1NC(N)=NCc1ccc(S(=O)(=O)N2CCOCC2)s1. The zero-order valence-corrected chi connectivity index (χ0v) is 18.5. The number of rotatable bonds is 7. The predicted molar refractivity (Wildman–Crippen MR) is 118 cm³/mol. The van der Waals surface area contributed by atoms with Gasteiger partial charge < -0.3 is 15.8 Å². The molecule has 1 fully saturated rings. The number of sulfonamides is 1. The smallest absolute Gasteiger partial charge is 0.252 e. The summed E-state index contributed by atoms with van der Waals surface area (Å²) in [7, 11) is -3.47. The maximum Gasteiger partial charge on any atom is 0.252 e. The van der Waals surface area contributed by atoms with Gasteiger partial charge in [0.25, 0.3) is 10.0 Å². The lowest BCUT2D eigenvalue weighted by atomic mass is 10.0. The molecule has 0 amide bonds. The fourth-order valence-corrected chi connectivity index (χ4v) is 6.07. The second-order valence-electron chi connectivity index (χ2n) is 6.72. The highest BCUT2D eigenvalue weighted by atomic mass is 32.2. The van der Waals surface area contributed by atoms with E-state index in [1.165, 1.54) is 26.8 Å². The number of nitrogens with two attached hydrogens (primary N) is 1. The summed E-state index contributed by atoms with van der Waals surface area (Å²) in [4.78, 5) is 5.26. The van der Waals surface area contributed by atoms with E-state index in [0.29, 0.717) is 43.0 Å². The van der Waals surface area contributed by atoms with E-state index in [9.17, 15) is 8.42 Å². The fourth-order valence-electron chi connectivity index (χ4n) is 3.23. The molecule has 1 saturated heterocycles. The zero-order valence-electron chi connectivity index (χ0n) is 16.8. The van der Waals surface area contributed by atoms with Gasteiger partial charge in [0.2, 0.25) is 0 Å². The van der Waals surface area contributed by atoms with Crippen LogP contribution in [0.4, 0.5) is 5.69 Å². The molecule has 1 aromatic heterocycles. The van der Waals surface area contributed by atoms with Crippen LogP contribution in [0.5, 0.6) is 0 Å². The van der Waals surface area contributed by atoms with Gasteiger partial charge in [0.15, 0.2) is 5.96 Å². The average molecular weight is 437 g/mol. The lowest BCUT2D eigenvalue weighted by molar-refractivity contribution is 0.0731.